The molecule has 1 saturated carbocycles. The van der Waals surface area contributed by atoms with Crippen molar-refractivity contribution >= 4 is 23.1 Å². The van der Waals surface area contributed by atoms with E-state index in [4.69, 9.17) is 19.6 Å². The first kappa shape index (κ1) is 18.1. The molecule has 1 fully saturated rings. The Morgan fingerprint density at radius 3 is 2.38 bits per heavy atom. The molecule has 0 spiro atoms. The number of hydrogen-bond donors (Lipinski definition) is 1. The van der Waals surface area contributed by atoms with Gasteiger partial charge in [0.05, 0.1) is 18.5 Å². The quantitative estimate of drug-likeness (QED) is 0.898. The molecule has 2 rings (SSSR count). The molecule has 0 aromatic heterocycles. The molecule has 1 aromatic carbocycles. The Labute approximate surface area is 142 Å². The number of methoxy groups -OCH3 is 2. The number of benzene rings is 1. The van der Waals surface area contributed by atoms with E-state index in [0.717, 1.165) is 29.3 Å². The van der Waals surface area contributed by atoms with Gasteiger partial charge < -0.3 is 14.6 Å². The molecule has 130 valence electrons. The third-order valence-corrected chi connectivity index (χ3v) is 3.92. The van der Waals surface area contributed by atoms with Gasteiger partial charge in [-0.25, -0.2) is 0 Å². The van der Waals surface area contributed by atoms with Crippen LogP contribution in [0.3, 0.4) is 0 Å². The summed E-state index contributed by atoms with van der Waals surface area (Å²) in [4.78, 5) is 19.8. The van der Waals surface area contributed by atoms with Crippen molar-refractivity contribution in [2.75, 3.05) is 20.8 Å². The minimum atomic E-state index is -0.950. The van der Waals surface area contributed by atoms with Crippen LogP contribution in [0.25, 0.3) is 0 Å². The molecule has 0 saturated heterocycles. The molecule has 24 heavy (non-hydrogen) atoms. The number of carboxylic acid groups (broad SMARTS) is 1. The number of nitrogens with zero attached hydrogens (tertiary/aromatic N) is 2. The summed E-state index contributed by atoms with van der Waals surface area (Å²) < 4.78 is 10.7. The maximum absolute atomic E-state index is 10.8. The minimum absolute atomic E-state index is 0.0440. The van der Waals surface area contributed by atoms with Crippen LogP contribution in [0, 0.1) is 5.41 Å². The SMILES string of the molecule is COc1ccc(N=C2CC(C)(C)CC(=NCC(=O)O)C2OC)cc1. The number of rotatable bonds is 5. The van der Waals surface area contributed by atoms with E-state index in [2.05, 4.69) is 18.8 Å². The number of ether oxygens (including phenoxy) is 2. The first-order valence-corrected chi connectivity index (χ1v) is 7.84. The van der Waals surface area contributed by atoms with Crippen molar-refractivity contribution in [2.24, 2.45) is 15.4 Å². The summed E-state index contributed by atoms with van der Waals surface area (Å²) in [6.07, 6.45) is 1.09. The van der Waals surface area contributed by atoms with Gasteiger partial charge >= 0.3 is 5.97 Å². The van der Waals surface area contributed by atoms with E-state index in [1.807, 2.05) is 24.3 Å². The van der Waals surface area contributed by atoms with Crippen molar-refractivity contribution in [3.05, 3.63) is 24.3 Å². The molecule has 1 aliphatic rings. The van der Waals surface area contributed by atoms with Gasteiger partial charge in [-0.1, -0.05) is 13.8 Å². The molecule has 6 nitrogen and oxygen atoms in total. The van der Waals surface area contributed by atoms with Crippen molar-refractivity contribution < 1.29 is 19.4 Å². The zero-order valence-electron chi connectivity index (χ0n) is 14.6. The largest absolute Gasteiger partial charge is 0.497 e. The summed E-state index contributed by atoms with van der Waals surface area (Å²) in [5.41, 5.74) is 2.37. The second kappa shape index (κ2) is 7.57. The number of hydrogen-bond acceptors (Lipinski definition) is 5. The Hall–Kier alpha value is -2.21. The second-order valence-corrected chi connectivity index (χ2v) is 6.64. The predicted molar refractivity (Wildman–Crippen MR) is 93.8 cm³/mol. The van der Waals surface area contributed by atoms with Crippen molar-refractivity contribution in [1.82, 2.24) is 0 Å². The zero-order chi connectivity index (χ0) is 17.7. The van der Waals surface area contributed by atoms with Crippen LogP contribution < -0.4 is 4.74 Å². The molecule has 1 atom stereocenters. The van der Waals surface area contributed by atoms with Gasteiger partial charge in [-0.05, 0) is 42.5 Å². The van der Waals surface area contributed by atoms with Crippen molar-refractivity contribution in [2.45, 2.75) is 32.8 Å². The lowest BCUT2D eigenvalue weighted by Gasteiger charge is -2.36. The van der Waals surface area contributed by atoms with Gasteiger partial charge in [0.2, 0.25) is 0 Å². The second-order valence-electron chi connectivity index (χ2n) is 6.64. The highest BCUT2D eigenvalue weighted by atomic mass is 16.5. The Kier molecular flexibility index (Phi) is 5.72. The Morgan fingerprint density at radius 2 is 1.83 bits per heavy atom. The maximum Gasteiger partial charge on any atom is 0.325 e. The molecule has 1 aliphatic carbocycles. The summed E-state index contributed by atoms with van der Waals surface area (Å²) in [7, 11) is 3.22. The van der Waals surface area contributed by atoms with Crippen LogP contribution in [0.4, 0.5) is 5.69 Å². The fraction of sp³-hybridized carbons (Fsp3) is 0.500. The predicted octanol–water partition coefficient (Wildman–Crippen LogP) is 3.13. The van der Waals surface area contributed by atoms with E-state index < -0.39 is 5.97 Å². The van der Waals surface area contributed by atoms with Gasteiger partial charge in [0.25, 0.3) is 0 Å². The minimum Gasteiger partial charge on any atom is -0.497 e. The average molecular weight is 332 g/mol. The average Bonchev–Trinajstić information content (AvgIpc) is 2.52. The molecule has 1 unspecified atom stereocenters. The first-order chi connectivity index (χ1) is 11.3. The Balaban J connectivity index is 2.35. The van der Waals surface area contributed by atoms with E-state index in [1.165, 1.54) is 0 Å². The van der Waals surface area contributed by atoms with Gasteiger partial charge in [0.1, 0.15) is 18.4 Å². The fourth-order valence-corrected chi connectivity index (χ4v) is 2.92. The van der Waals surface area contributed by atoms with E-state index in [-0.39, 0.29) is 18.1 Å². The number of aliphatic carboxylic acids is 1. The Bertz CT molecular complexity index is 647. The lowest BCUT2D eigenvalue weighted by molar-refractivity contribution is -0.135. The van der Waals surface area contributed by atoms with Crippen LogP contribution in [0.15, 0.2) is 34.3 Å². The summed E-state index contributed by atoms with van der Waals surface area (Å²) in [6.45, 7) is 4.00. The third-order valence-electron chi connectivity index (χ3n) is 3.92. The highest BCUT2D eigenvalue weighted by molar-refractivity contribution is 6.13. The number of carboxylic acids is 1. The first-order valence-electron chi connectivity index (χ1n) is 7.84. The van der Waals surface area contributed by atoms with Gasteiger partial charge in [-0.15, -0.1) is 0 Å². The molecule has 6 heteroatoms. The van der Waals surface area contributed by atoms with Gasteiger partial charge in [-0.3, -0.25) is 14.8 Å². The molecule has 0 amide bonds. The summed E-state index contributed by atoms with van der Waals surface area (Å²) in [6, 6.07) is 7.48. The molecule has 0 bridgehead atoms. The van der Waals surface area contributed by atoms with E-state index >= 15 is 0 Å². The van der Waals surface area contributed by atoms with Crippen molar-refractivity contribution in [3.8, 4) is 5.75 Å². The summed E-state index contributed by atoms with van der Waals surface area (Å²) >= 11 is 0. The molecule has 0 aliphatic heterocycles. The number of carbonyl (C=O) groups is 1. The fourth-order valence-electron chi connectivity index (χ4n) is 2.92. The van der Waals surface area contributed by atoms with Crippen molar-refractivity contribution in [3.63, 3.8) is 0 Å². The summed E-state index contributed by atoms with van der Waals surface area (Å²) in [5, 5.41) is 8.89. The van der Waals surface area contributed by atoms with Gasteiger partial charge in [0, 0.05) is 12.8 Å². The molecule has 1 N–H and O–H groups in total. The van der Waals surface area contributed by atoms with Crippen LogP contribution in [-0.2, 0) is 9.53 Å². The summed E-state index contributed by atoms with van der Waals surface area (Å²) in [5.74, 6) is -0.177. The molecule has 0 radical (unpaired) electrons. The topological polar surface area (TPSA) is 80.5 Å². The van der Waals surface area contributed by atoms with Gasteiger partial charge in [0.15, 0.2) is 0 Å². The maximum atomic E-state index is 10.8. The molecule has 0 heterocycles. The number of aliphatic imine (C=N–C) groups is 2. The third kappa shape index (κ3) is 4.64. The van der Waals surface area contributed by atoms with Crippen LogP contribution in [0.1, 0.15) is 26.7 Å². The van der Waals surface area contributed by atoms with Crippen LogP contribution in [0.2, 0.25) is 0 Å². The van der Waals surface area contributed by atoms with Crippen LogP contribution >= 0.6 is 0 Å². The lowest BCUT2D eigenvalue weighted by atomic mass is 9.74. The van der Waals surface area contributed by atoms with E-state index in [1.54, 1.807) is 14.2 Å². The van der Waals surface area contributed by atoms with E-state index in [9.17, 15) is 4.79 Å². The highest BCUT2D eigenvalue weighted by Gasteiger charge is 2.36. The van der Waals surface area contributed by atoms with E-state index in [0.29, 0.717) is 6.42 Å². The standard InChI is InChI=1S/C18H24N2O4/c1-18(2)9-14(19-11-16(21)22)17(24-4)15(10-18)20-12-5-7-13(23-3)8-6-12/h5-8,17H,9-11H2,1-4H3,(H,21,22). The van der Waals surface area contributed by atoms with Crippen LogP contribution in [0.5, 0.6) is 5.75 Å². The van der Waals surface area contributed by atoms with Crippen molar-refractivity contribution in [1.29, 1.82) is 0 Å². The normalized spacial score (nSPS) is 23.4. The lowest BCUT2D eigenvalue weighted by Crippen LogP contribution is -2.43. The molecule has 1 aromatic rings. The molecular formula is C18H24N2O4. The smallest absolute Gasteiger partial charge is 0.325 e. The monoisotopic (exact) mass is 332 g/mol. The van der Waals surface area contributed by atoms with Gasteiger partial charge in [-0.2, -0.15) is 0 Å². The molecular weight excluding hydrogens is 308 g/mol. The zero-order valence-corrected chi connectivity index (χ0v) is 14.6. The van der Waals surface area contributed by atoms with Crippen LogP contribution in [-0.4, -0.2) is 49.4 Å². The Morgan fingerprint density at radius 1 is 1.21 bits per heavy atom. The highest BCUT2D eigenvalue weighted by Crippen LogP contribution is 2.35.